The number of nitrogens with zero attached hydrogens (tertiary/aromatic N) is 3. The molecule has 4 rings (SSSR count). The van der Waals surface area contributed by atoms with Crippen molar-refractivity contribution in [3.8, 4) is 0 Å². The third kappa shape index (κ3) is 4.14. The predicted octanol–water partition coefficient (Wildman–Crippen LogP) is 4.25. The maximum Gasteiger partial charge on any atom is 0.338 e. The molecule has 1 aromatic carbocycles. The highest BCUT2D eigenvalue weighted by atomic mass is 32.1. The highest BCUT2D eigenvalue weighted by Gasteiger charge is 2.34. The summed E-state index contributed by atoms with van der Waals surface area (Å²) in [5, 5.41) is 20.5. The molecule has 1 unspecified atom stereocenters. The Bertz CT molecular complexity index is 1090. The minimum Gasteiger partial charge on any atom is -0.452 e. The number of rotatable bonds is 6. The van der Waals surface area contributed by atoms with Gasteiger partial charge in [-0.1, -0.05) is 12.1 Å². The molecule has 1 aliphatic rings. The van der Waals surface area contributed by atoms with Crippen LogP contribution in [0, 0.1) is 10.1 Å². The number of amides is 1. The maximum absolute atomic E-state index is 12.8. The second-order valence-corrected chi connectivity index (χ2v) is 8.30. The van der Waals surface area contributed by atoms with Crippen molar-refractivity contribution in [1.82, 2.24) is 5.01 Å². The van der Waals surface area contributed by atoms with E-state index in [1.54, 1.807) is 11.3 Å². The first-order valence-electron chi connectivity index (χ1n) is 8.91. The van der Waals surface area contributed by atoms with Crippen molar-refractivity contribution in [1.29, 1.82) is 0 Å². The van der Waals surface area contributed by atoms with Crippen LogP contribution in [0.15, 0.2) is 64.4 Å². The quantitative estimate of drug-likeness (QED) is 0.323. The molecule has 1 atom stereocenters. The van der Waals surface area contributed by atoms with Crippen molar-refractivity contribution in [3.05, 3.63) is 84.7 Å². The first kappa shape index (κ1) is 19.9. The van der Waals surface area contributed by atoms with E-state index < -0.39 is 23.4 Å². The third-order valence-corrected chi connectivity index (χ3v) is 6.38. The standard InChI is InChI=1S/C20H15N3O5S2/c24-19(12-28-20(25)13-5-7-14(8-6-13)23(26)27)22-16(18-4-2-10-30-18)11-15(21-22)17-3-1-9-29-17/h1-10,16H,11-12H2. The van der Waals surface area contributed by atoms with Crippen LogP contribution in [-0.4, -0.2) is 34.1 Å². The van der Waals surface area contributed by atoms with E-state index in [0.717, 1.165) is 15.5 Å². The van der Waals surface area contributed by atoms with Gasteiger partial charge in [-0.15, -0.1) is 22.7 Å². The SMILES string of the molecule is O=C(OCC(=O)N1N=C(c2cccs2)CC1c1cccs1)c1ccc([N+](=O)[O-])cc1. The van der Waals surface area contributed by atoms with Crippen molar-refractivity contribution in [3.63, 3.8) is 0 Å². The van der Waals surface area contributed by atoms with E-state index in [1.807, 2.05) is 35.0 Å². The first-order valence-corrected chi connectivity index (χ1v) is 10.7. The number of ether oxygens (including phenoxy) is 1. The van der Waals surface area contributed by atoms with Gasteiger partial charge < -0.3 is 4.74 Å². The molecule has 0 N–H and O–H groups in total. The largest absolute Gasteiger partial charge is 0.452 e. The van der Waals surface area contributed by atoms with Gasteiger partial charge in [-0.05, 0) is 35.0 Å². The van der Waals surface area contributed by atoms with Crippen LogP contribution in [0.2, 0.25) is 0 Å². The zero-order valence-electron chi connectivity index (χ0n) is 15.5. The average molecular weight is 441 g/mol. The Morgan fingerprint density at radius 3 is 2.50 bits per heavy atom. The fourth-order valence-corrected chi connectivity index (χ4v) is 4.56. The number of carbonyl (C=O) groups is 2. The van der Waals surface area contributed by atoms with Crippen molar-refractivity contribution in [2.75, 3.05) is 6.61 Å². The molecule has 0 bridgehead atoms. The van der Waals surface area contributed by atoms with Crippen LogP contribution in [0.4, 0.5) is 5.69 Å². The van der Waals surface area contributed by atoms with Crippen LogP contribution in [0.25, 0.3) is 0 Å². The topological polar surface area (TPSA) is 102 Å². The van der Waals surface area contributed by atoms with Gasteiger partial charge in [-0.3, -0.25) is 14.9 Å². The molecule has 0 spiro atoms. The monoisotopic (exact) mass is 441 g/mol. The van der Waals surface area contributed by atoms with E-state index in [9.17, 15) is 19.7 Å². The molecule has 152 valence electrons. The minimum atomic E-state index is -0.729. The van der Waals surface area contributed by atoms with Crippen LogP contribution < -0.4 is 0 Å². The molecule has 1 aliphatic heterocycles. The number of esters is 1. The summed E-state index contributed by atoms with van der Waals surface area (Å²) in [6.45, 7) is -0.473. The van der Waals surface area contributed by atoms with E-state index in [4.69, 9.17) is 4.74 Å². The number of hydrogen-bond donors (Lipinski definition) is 0. The van der Waals surface area contributed by atoms with Gasteiger partial charge in [-0.2, -0.15) is 5.10 Å². The molecule has 3 heterocycles. The van der Waals surface area contributed by atoms with Crippen LogP contribution in [0.5, 0.6) is 0 Å². The number of nitro benzene ring substituents is 1. The summed E-state index contributed by atoms with van der Waals surface area (Å²) >= 11 is 3.09. The van der Waals surface area contributed by atoms with Crippen LogP contribution in [-0.2, 0) is 9.53 Å². The molecule has 0 aliphatic carbocycles. The molecular weight excluding hydrogens is 426 g/mol. The Labute approximate surface area is 179 Å². The zero-order chi connectivity index (χ0) is 21.1. The fraction of sp³-hybridized carbons (Fsp3) is 0.150. The van der Waals surface area contributed by atoms with Crippen LogP contribution in [0.1, 0.15) is 32.6 Å². The lowest BCUT2D eigenvalue weighted by molar-refractivity contribution is -0.384. The van der Waals surface area contributed by atoms with Crippen LogP contribution >= 0.6 is 22.7 Å². The van der Waals surface area contributed by atoms with Gasteiger partial charge >= 0.3 is 5.97 Å². The summed E-state index contributed by atoms with van der Waals surface area (Å²) in [7, 11) is 0. The molecule has 0 saturated heterocycles. The summed E-state index contributed by atoms with van der Waals surface area (Å²) in [6.07, 6.45) is 0.586. The molecule has 0 radical (unpaired) electrons. The van der Waals surface area contributed by atoms with E-state index in [1.165, 1.54) is 40.6 Å². The molecule has 1 amide bonds. The molecule has 8 nitrogen and oxygen atoms in total. The molecule has 30 heavy (non-hydrogen) atoms. The lowest BCUT2D eigenvalue weighted by Gasteiger charge is -2.20. The number of thiophene rings is 2. The van der Waals surface area contributed by atoms with Gasteiger partial charge in [0, 0.05) is 23.4 Å². The number of benzene rings is 1. The van der Waals surface area contributed by atoms with Crippen molar-refractivity contribution < 1.29 is 19.2 Å². The number of carbonyl (C=O) groups excluding carboxylic acids is 2. The molecule has 10 heteroatoms. The number of hydrazone groups is 1. The van der Waals surface area contributed by atoms with E-state index in [2.05, 4.69) is 5.10 Å². The molecular formula is C20H15N3O5S2. The summed E-state index contributed by atoms with van der Waals surface area (Å²) < 4.78 is 5.13. The van der Waals surface area contributed by atoms with Gasteiger partial charge in [0.05, 0.1) is 27.1 Å². The average Bonchev–Trinajstić information content (AvgIpc) is 3.52. The van der Waals surface area contributed by atoms with Gasteiger partial charge in [0.15, 0.2) is 6.61 Å². The Morgan fingerprint density at radius 1 is 1.13 bits per heavy atom. The number of non-ortho nitro benzene ring substituents is 1. The first-order chi connectivity index (χ1) is 14.5. The Morgan fingerprint density at radius 2 is 1.87 bits per heavy atom. The van der Waals surface area contributed by atoms with Gasteiger partial charge in [0.25, 0.3) is 11.6 Å². The van der Waals surface area contributed by atoms with Crippen molar-refractivity contribution in [2.45, 2.75) is 12.5 Å². The Kier molecular flexibility index (Phi) is 5.68. The van der Waals surface area contributed by atoms with Gasteiger partial charge in [0.2, 0.25) is 0 Å². The van der Waals surface area contributed by atoms with Gasteiger partial charge in [-0.25, -0.2) is 9.80 Å². The maximum atomic E-state index is 12.8. The fourth-order valence-electron chi connectivity index (χ4n) is 3.03. The van der Waals surface area contributed by atoms with Crippen molar-refractivity contribution >= 4 is 45.9 Å². The molecule has 0 fully saturated rings. The normalized spacial score (nSPS) is 15.7. The summed E-state index contributed by atoms with van der Waals surface area (Å²) in [5.41, 5.74) is 0.819. The smallest absolute Gasteiger partial charge is 0.338 e. The molecule has 3 aromatic rings. The highest BCUT2D eigenvalue weighted by Crippen LogP contribution is 2.35. The number of hydrogen-bond acceptors (Lipinski definition) is 8. The van der Waals surface area contributed by atoms with Crippen LogP contribution in [0.3, 0.4) is 0 Å². The Hall–Kier alpha value is -3.37. The Balaban J connectivity index is 1.46. The summed E-state index contributed by atoms with van der Waals surface area (Å²) in [6, 6.07) is 12.5. The van der Waals surface area contributed by atoms with Crippen molar-refractivity contribution in [2.24, 2.45) is 5.10 Å². The van der Waals surface area contributed by atoms with E-state index in [0.29, 0.717) is 6.42 Å². The molecule has 0 saturated carbocycles. The second-order valence-electron chi connectivity index (χ2n) is 6.38. The summed E-state index contributed by atoms with van der Waals surface area (Å²) in [4.78, 5) is 37.2. The van der Waals surface area contributed by atoms with E-state index in [-0.39, 0.29) is 17.3 Å². The lowest BCUT2D eigenvalue weighted by Crippen LogP contribution is -2.31. The summed E-state index contributed by atoms with van der Waals surface area (Å²) in [5.74, 6) is -1.16. The van der Waals surface area contributed by atoms with E-state index >= 15 is 0 Å². The molecule has 2 aromatic heterocycles. The highest BCUT2D eigenvalue weighted by molar-refractivity contribution is 7.12. The third-order valence-electron chi connectivity index (χ3n) is 4.48. The lowest BCUT2D eigenvalue weighted by atomic mass is 10.1. The van der Waals surface area contributed by atoms with Gasteiger partial charge in [0.1, 0.15) is 0 Å². The predicted molar refractivity (Wildman–Crippen MR) is 113 cm³/mol. The minimum absolute atomic E-state index is 0.131. The second kappa shape index (κ2) is 8.56. The number of nitro groups is 1. The zero-order valence-corrected chi connectivity index (χ0v) is 17.1.